The lowest BCUT2D eigenvalue weighted by atomic mass is 9.68. The zero-order chi connectivity index (χ0) is 19.8. The maximum atomic E-state index is 14.0. The number of piperidine rings is 1. The molecule has 1 spiro atoms. The van der Waals surface area contributed by atoms with E-state index >= 15 is 0 Å². The van der Waals surface area contributed by atoms with Crippen LogP contribution in [0.5, 0.6) is 11.5 Å². The molecule has 1 aromatic heterocycles. The summed E-state index contributed by atoms with van der Waals surface area (Å²) in [5, 5.41) is 5.39. The lowest BCUT2D eigenvalue weighted by Gasteiger charge is -2.41. The Balaban J connectivity index is 0.00000218. The first-order valence-electron chi connectivity index (χ1n) is 10.6. The number of amides is 1. The van der Waals surface area contributed by atoms with E-state index < -0.39 is 0 Å². The molecule has 1 amide bonds. The van der Waals surface area contributed by atoms with Gasteiger partial charge in [-0.15, -0.1) is 11.3 Å². The molecule has 3 atom stereocenters. The molecule has 2 saturated heterocycles. The van der Waals surface area contributed by atoms with Crippen molar-refractivity contribution in [3.63, 3.8) is 0 Å². The summed E-state index contributed by atoms with van der Waals surface area (Å²) in [5.74, 6) is 1.83. The maximum absolute atomic E-state index is 14.0. The third kappa shape index (κ3) is 3.37. The van der Waals surface area contributed by atoms with E-state index in [1.54, 1.807) is 18.4 Å². The molecule has 162 valence electrons. The Hall–Kier alpha value is -1.83. The van der Waals surface area contributed by atoms with E-state index in [4.69, 9.17) is 9.47 Å². The minimum absolute atomic E-state index is 0. The molecule has 4 heterocycles. The third-order valence-corrected chi connectivity index (χ3v) is 7.81. The van der Waals surface area contributed by atoms with Crippen molar-refractivity contribution in [2.45, 2.75) is 37.1 Å². The number of thiazole rings is 1. The van der Waals surface area contributed by atoms with Crippen molar-refractivity contribution in [2.24, 2.45) is 5.92 Å². The Kier molecular flexibility index (Phi) is 6.23. The van der Waals surface area contributed by atoms with E-state index in [9.17, 15) is 4.79 Å². The number of hydrogen-bond donors (Lipinski definition) is 1. The molecule has 0 aliphatic carbocycles. The van der Waals surface area contributed by atoms with E-state index in [0.29, 0.717) is 6.61 Å². The van der Waals surface area contributed by atoms with Gasteiger partial charge in [-0.3, -0.25) is 4.79 Å². The Morgan fingerprint density at radius 1 is 1.40 bits per heavy atom. The van der Waals surface area contributed by atoms with Crippen LogP contribution in [0.4, 0.5) is 0 Å². The number of halogens is 1. The van der Waals surface area contributed by atoms with Gasteiger partial charge in [0.25, 0.3) is 0 Å². The second-order valence-electron chi connectivity index (χ2n) is 8.29. The number of likely N-dealkylation sites (tertiary alicyclic amines) is 1. The SMILES string of the molecule is COc1cccc2c1OCC[C@]21C[NH2+]C[C@H]1C(=O)N1CCCCC1c1nccs1.[Cl-]. The topological polar surface area (TPSA) is 68.3 Å². The van der Waals surface area contributed by atoms with E-state index in [1.165, 1.54) is 0 Å². The zero-order valence-electron chi connectivity index (χ0n) is 17.2. The van der Waals surface area contributed by atoms with Crippen molar-refractivity contribution in [2.75, 3.05) is 33.4 Å². The highest BCUT2D eigenvalue weighted by atomic mass is 35.5. The van der Waals surface area contributed by atoms with Gasteiger partial charge in [0.2, 0.25) is 5.91 Å². The first-order valence-corrected chi connectivity index (χ1v) is 11.4. The van der Waals surface area contributed by atoms with Crippen molar-refractivity contribution in [3.8, 4) is 11.5 Å². The smallest absolute Gasteiger partial charge is 0.233 e. The molecule has 2 aromatic rings. The average molecular weight is 450 g/mol. The Bertz CT molecular complexity index is 894. The number of hydrogen-bond acceptors (Lipinski definition) is 5. The minimum Gasteiger partial charge on any atom is -1.00 e. The number of benzene rings is 1. The van der Waals surface area contributed by atoms with Crippen LogP contribution < -0.4 is 27.2 Å². The number of nitrogens with two attached hydrogens (primary N) is 1. The Morgan fingerprint density at radius 2 is 2.30 bits per heavy atom. The van der Waals surface area contributed by atoms with Gasteiger partial charge in [0.1, 0.15) is 10.9 Å². The summed E-state index contributed by atoms with van der Waals surface area (Å²) in [7, 11) is 1.68. The van der Waals surface area contributed by atoms with Gasteiger partial charge in [-0.05, 0) is 31.7 Å². The van der Waals surface area contributed by atoms with Gasteiger partial charge in [0.15, 0.2) is 11.5 Å². The molecule has 0 saturated carbocycles. The monoisotopic (exact) mass is 449 g/mol. The quantitative estimate of drug-likeness (QED) is 0.661. The van der Waals surface area contributed by atoms with E-state index in [2.05, 4.69) is 21.3 Å². The van der Waals surface area contributed by atoms with E-state index in [-0.39, 0.29) is 35.7 Å². The lowest BCUT2D eigenvalue weighted by molar-refractivity contribution is -0.640. The molecule has 2 N–H and O–H groups in total. The van der Waals surface area contributed by atoms with Crippen molar-refractivity contribution in [3.05, 3.63) is 40.3 Å². The fourth-order valence-electron chi connectivity index (χ4n) is 5.53. The summed E-state index contributed by atoms with van der Waals surface area (Å²) >= 11 is 1.66. The predicted molar refractivity (Wildman–Crippen MR) is 110 cm³/mol. The highest BCUT2D eigenvalue weighted by Gasteiger charge is 2.55. The van der Waals surface area contributed by atoms with Crippen molar-refractivity contribution in [1.82, 2.24) is 9.88 Å². The van der Waals surface area contributed by atoms with Gasteiger partial charge in [0.05, 0.1) is 38.3 Å². The van der Waals surface area contributed by atoms with Gasteiger partial charge in [-0.2, -0.15) is 0 Å². The van der Waals surface area contributed by atoms with Crippen molar-refractivity contribution >= 4 is 17.2 Å². The van der Waals surface area contributed by atoms with Crippen LogP contribution in [-0.4, -0.2) is 49.1 Å². The number of nitrogens with zero attached hydrogens (tertiary/aromatic N) is 2. The van der Waals surface area contributed by atoms with Crippen molar-refractivity contribution < 1.29 is 32.0 Å². The molecule has 30 heavy (non-hydrogen) atoms. The van der Waals surface area contributed by atoms with Crippen LogP contribution in [0.3, 0.4) is 0 Å². The number of rotatable bonds is 3. The van der Waals surface area contributed by atoms with Gasteiger partial charge in [0, 0.05) is 23.7 Å². The van der Waals surface area contributed by atoms with Gasteiger partial charge < -0.3 is 32.1 Å². The third-order valence-electron chi connectivity index (χ3n) is 6.93. The van der Waals surface area contributed by atoms with Crippen LogP contribution in [0.1, 0.15) is 42.3 Å². The summed E-state index contributed by atoms with van der Waals surface area (Å²) < 4.78 is 11.6. The van der Waals surface area contributed by atoms with Crippen LogP contribution in [-0.2, 0) is 10.2 Å². The summed E-state index contributed by atoms with van der Waals surface area (Å²) in [6.45, 7) is 3.21. The number of fused-ring (bicyclic) bond motifs is 2. The molecule has 6 nitrogen and oxygen atoms in total. The van der Waals surface area contributed by atoms with Gasteiger partial charge >= 0.3 is 0 Å². The van der Waals surface area contributed by atoms with Crippen LogP contribution in [0, 0.1) is 5.92 Å². The van der Waals surface area contributed by atoms with E-state index in [1.807, 2.05) is 23.7 Å². The standard InChI is InChI=1S/C22H27N3O3S.ClH/c1-27-18-7-4-5-15-19(18)28-11-8-22(15)14-23-13-16(22)21(26)25-10-3-2-6-17(25)20-24-9-12-29-20;/h4-5,7,9,12,16-17,23H,2-3,6,8,10-11,13-14H2,1H3;1H/t16-,17?,22-;/m0./s1. The van der Waals surface area contributed by atoms with Crippen LogP contribution >= 0.6 is 11.3 Å². The molecule has 3 aliphatic rings. The highest BCUT2D eigenvalue weighted by molar-refractivity contribution is 7.09. The fraction of sp³-hybridized carbons (Fsp3) is 0.545. The predicted octanol–water partition coefficient (Wildman–Crippen LogP) is -0.877. The normalized spacial score (nSPS) is 27.8. The van der Waals surface area contributed by atoms with Crippen molar-refractivity contribution in [1.29, 1.82) is 0 Å². The summed E-state index contributed by atoms with van der Waals surface area (Å²) in [6.07, 6.45) is 5.96. The Morgan fingerprint density at radius 3 is 3.10 bits per heavy atom. The zero-order valence-corrected chi connectivity index (χ0v) is 18.8. The van der Waals surface area contributed by atoms with E-state index in [0.717, 1.165) is 67.4 Å². The first-order chi connectivity index (χ1) is 14.2. The molecular weight excluding hydrogens is 422 g/mol. The fourth-order valence-corrected chi connectivity index (χ4v) is 6.31. The molecule has 0 radical (unpaired) electrons. The van der Waals surface area contributed by atoms with Crippen LogP contribution in [0.15, 0.2) is 29.8 Å². The summed E-state index contributed by atoms with van der Waals surface area (Å²) in [4.78, 5) is 20.6. The molecule has 3 aliphatic heterocycles. The molecule has 1 unspecified atom stereocenters. The van der Waals surface area contributed by atoms with Crippen LogP contribution in [0.2, 0.25) is 0 Å². The summed E-state index contributed by atoms with van der Waals surface area (Å²) in [6, 6.07) is 6.22. The molecular formula is C22H28ClN3O3S. The number of aromatic nitrogens is 1. The number of ether oxygens (including phenoxy) is 2. The van der Waals surface area contributed by atoms with Gasteiger partial charge in [-0.25, -0.2) is 4.98 Å². The van der Waals surface area contributed by atoms with Crippen LogP contribution in [0.25, 0.3) is 0 Å². The minimum atomic E-state index is -0.190. The average Bonchev–Trinajstić information content (AvgIpc) is 3.44. The highest BCUT2D eigenvalue weighted by Crippen LogP contribution is 2.49. The molecule has 8 heteroatoms. The largest absolute Gasteiger partial charge is 1.00 e. The Labute approximate surface area is 187 Å². The first kappa shape index (κ1) is 21.4. The second kappa shape index (κ2) is 8.73. The number of carbonyl (C=O) groups is 1. The van der Waals surface area contributed by atoms with Gasteiger partial charge in [-0.1, -0.05) is 12.1 Å². The maximum Gasteiger partial charge on any atom is 0.233 e. The second-order valence-corrected chi connectivity index (χ2v) is 9.21. The number of quaternary nitrogens is 1. The molecule has 2 fully saturated rings. The molecule has 5 rings (SSSR count). The molecule has 1 aromatic carbocycles. The number of methoxy groups -OCH3 is 1. The lowest BCUT2D eigenvalue weighted by Crippen LogP contribution is -3.00. The number of carbonyl (C=O) groups excluding carboxylic acids is 1. The summed E-state index contributed by atoms with van der Waals surface area (Å²) in [5.41, 5.74) is 0.947. The molecule has 0 bridgehead atoms. The number of para-hydroxylation sites is 1.